The third kappa shape index (κ3) is 1.82. The number of pyridine rings is 1. The average Bonchev–Trinajstić information content (AvgIpc) is 2.08. The Kier molecular flexibility index (Phi) is 3.00. The molecule has 0 spiro atoms. The average molecular weight is 268 g/mol. The van der Waals surface area contributed by atoms with Gasteiger partial charge in [0, 0.05) is 6.20 Å². The lowest BCUT2D eigenvalue weighted by molar-refractivity contribution is 0.0683. The summed E-state index contributed by atoms with van der Waals surface area (Å²) in [5.41, 5.74) is -2.21. The van der Waals surface area contributed by atoms with E-state index in [4.69, 9.17) is 5.11 Å². The van der Waals surface area contributed by atoms with Crippen LogP contribution in [0.15, 0.2) is 15.5 Å². The molecule has 1 aromatic rings. The van der Waals surface area contributed by atoms with Gasteiger partial charge in [-0.05, 0) is 15.9 Å². The maximum atomic E-state index is 12.4. The van der Waals surface area contributed by atoms with E-state index in [-0.39, 0.29) is 0 Å². The van der Waals surface area contributed by atoms with Crippen LogP contribution < -0.4 is 5.56 Å². The van der Waals surface area contributed by atoms with Gasteiger partial charge in [-0.2, -0.15) is 0 Å². The van der Waals surface area contributed by atoms with Crippen LogP contribution in [0.5, 0.6) is 0 Å². The standard InChI is InChI=1S/C7H4BrF2NO3/c8-4-3(5(9)10)2(7(13)14)1-11-6(4)12/h1,5H,(H,11,12)(H,13,14). The molecule has 0 aromatic carbocycles. The highest BCUT2D eigenvalue weighted by Gasteiger charge is 2.22. The number of aromatic carboxylic acids is 1. The maximum absolute atomic E-state index is 12.4. The number of aromatic amines is 1. The normalized spacial score (nSPS) is 10.6. The minimum Gasteiger partial charge on any atom is -0.478 e. The Morgan fingerprint density at radius 3 is 2.57 bits per heavy atom. The molecule has 0 bridgehead atoms. The number of carbonyl (C=O) groups is 1. The van der Waals surface area contributed by atoms with Gasteiger partial charge in [0.1, 0.15) is 0 Å². The molecule has 0 radical (unpaired) electrons. The van der Waals surface area contributed by atoms with E-state index in [1.54, 1.807) is 0 Å². The number of H-pyrrole nitrogens is 1. The van der Waals surface area contributed by atoms with Gasteiger partial charge < -0.3 is 10.1 Å². The van der Waals surface area contributed by atoms with Crippen LogP contribution in [-0.4, -0.2) is 16.1 Å². The Morgan fingerprint density at radius 1 is 1.57 bits per heavy atom. The number of hydrogen-bond donors (Lipinski definition) is 2. The van der Waals surface area contributed by atoms with E-state index in [1.165, 1.54) is 0 Å². The lowest BCUT2D eigenvalue weighted by atomic mass is 10.1. The summed E-state index contributed by atoms with van der Waals surface area (Å²) in [4.78, 5) is 23.4. The molecule has 0 aliphatic heterocycles. The Hall–Kier alpha value is -1.24. The minimum atomic E-state index is -3.02. The predicted molar refractivity (Wildman–Crippen MR) is 46.7 cm³/mol. The molecule has 76 valence electrons. The minimum absolute atomic E-state index is 0.451. The lowest BCUT2D eigenvalue weighted by Gasteiger charge is -2.05. The fourth-order valence-electron chi connectivity index (χ4n) is 0.910. The number of nitrogens with one attached hydrogen (secondary N) is 1. The van der Waals surface area contributed by atoms with Gasteiger partial charge in [-0.1, -0.05) is 0 Å². The predicted octanol–water partition coefficient (Wildman–Crippen LogP) is 1.77. The van der Waals surface area contributed by atoms with Gasteiger partial charge in [-0.25, -0.2) is 13.6 Å². The molecule has 0 atom stereocenters. The molecular weight excluding hydrogens is 264 g/mol. The number of halogens is 3. The van der Waals surface area contributed by atoms with Crippen molar-refractivity contribution < 1.29 is 18.7 Å². The van der Waals surface area contributed by atoms with E-state index < -0.39 is 33.6 Å². The molecule has 1 heterocycles. The van der Waals surface area contributed by atoms with Crippen molar-refractivity contribution in [1.29, 1.82) is 0 Å². The molecule has 4 nitrogen and oxygen atoms in total. The number of alkyl halides is 2. The third-order valence-electron chi connectivity index (χ3n) is 1.52. The topological polar surface area (TPSA) is 70.2 Å². The van der Waals surface area contributed by atoms with Crippen LogP contribution in [0.3, 0.4) is 0 Å². The Morgan fingerprint density at radius 2 is 2.14 bits per heavy atom. The SMILES string of the molecule is O=C(O)c1c[nH]c(=O)c(Br)c1C(F)F. The van der Waals surface area contributed by atoms with Crippen LogP contribution in [0.25, 0.3) is 0 Å². The van der Waals surface area contributed by atoms with E-state index >= 15 is 0 Å². The van der Waals surface area contributed by atoms with Gasteiger partial charge in [-0.15, -0.1) is 0 Å². The highest BCUT2D eigenvalue weighted by atomic mass is 79.9. The number of hydrogen-bond acceptors (Lipinski definition) is 2. The molecule has 0 saturated heterocycles. The zero-order valence-corrected chi connectivity index (χ0v) is 8.14. The van der Waals surface area contributed by atoms with Crippen LogP contribution in [0.1, 0.15) is 22.3 Å². The highest BCUT2D eigenvalue weighted by Crippen LogP contribution is 2.27. The Balaban J connectivity index is 3.53. The van der Waals surface area contributed by atoms with Crippen LogP contribution in [0.2, 0.25) is 0 Å². The maximum Gasteiger partial charge on any atom is 0.337 e. The molecule has 1 rings (SSSR count). The summed E-state index contributed by atoms with van der Waals surface area (Å²) in [5.74, 6) is -1.52. The van der Waals surface area contributed by atoms with Crippen molar-refractivity contribution in [2.75, 3.05) is 0 Å². The summed E-state index contributed by atoms with van der Waals surface area (Å²) >= 11 is 2.61. The summed E-state index contributed by atoms with van der Waals surface area (Å²) < 4.78 is 24.3. The van der Waals surface area contributed by atoms with E-state index in [0.717, 1.165) is 6.20 Å². The van der Waals surface area contributed by atoms with Crippen LogP contribution >= 0.6 is 15.9 Å². The van der Waals surface area contributed by atoms with Crippen molar-refractivity contribution in [2.45, 2.75) is 6.43 Å². The summed E-state index contributed by atoms with van der Waals surface area (Å²) in [6.07, 6.45) is -2.27. The summed E-state index contributed by atoms with van der Waals surface area (Å²) in [6, 6.07) is 0. The summed E-state index contributed by atoms with van der Waals surface area (Å²) in [5, 5.41) is 8.55. The quantitative estimate of drug-likeness (QED) is 0.858. The molecule has 0 amide bonds. The van der Waals surface area contributed by atoms with Crippen molar-refractivity contribution in [3.05, 3.63) is 32.2 Å². The third-order valence-corrected chi connectivity index (χ3v) is 2.31. The first-order valence-electron chi connectivity index (χ1n) is 3.37. The molecular formula is C7H4BrF2NO3. The van der Waals surface area contributed by atoms with Crippen molar-refractivity contribution in [2.24, 2.45) is 0 Å². The van der Waals surface area contributed by atoms with Crippen LogP contribution in [-0.2, 0) is 0 Å². The Labute approximate surface area is 84.7 Å². The van der Waals surface area contributed by atoms with Crippen LogP contribution in [0.4, 0.5) is 8.78 Å². The van der Waals surface area contributed by atoms with Gasteiger partial charge in [-0.3, -0.25) is 4.79 Å². The second-order valence-corrected chi connectivity index (χ2v) is 3.16. The van der Waals surface area contributed by atoms with Crippen LogP contribution in [0, 0.1) is 0 Å². The smallest absolute Gasteiger partial charge is 0.337 e. The van der Waals surface area contributed by atoms with Crippen molar-refractivity contribution in [3.63, 3.8) is 0 Å². The van der Waals surface area contributed by atoms with Gasteiger partial charge in [0.25, 0.3) is 12.0 Å². The fraction of sp³-hybridized carbons (Fsp3) is 0.143. The van der Waals surface area contributed by atoms with E-state index in [2.05, 4.69) is 15.9 Å². The fourth-order valence-corrected chi connectivity index (χ4v) is 1.41. The molecule has 7 heteroatoms. The monoisotopic (exact) mass is 267 g/mol. The second-order valence-electron chi connectivity index (χ2n) is 2.36. The first-order valence-corrected chi connectivity index (χ1v) is 4.17. The molecule has 0 aliphatic carbocycles. The van der Waals surface area contributed by atoms with Crippen molar-refractivity contribution >= 4 is 21.9 Å². The first kappa shape index (κ1) is 10.8. The van der Waals surface area contributed by atoms with Crippen molar-refractivity contribution in [1.82, 2.24) is 4.98 Å². The lowest BCUT2D eigenvalue weighted by Crippen LogP contribution is -2.15. The summed E-state index contributed by atoms with van der Waals surface area (Å²) in [7, 11) is 0. The van der Waals surface area contributed by atoms with Gasteiger partial charge in [0.2, 0.25) is 0 Å². The molecule has 1 aromatic heterocycles. The zero-order chi connectivity index (χ0) is 10.9. The summed E-state index contributed by atoms with van der Waals surface area (Å²) in [6.45, 7) is 0. The molecule has 2 N–H and O–H groups in total. The molecule has 0 fully saturated rings. The first-order chi connectivity index (χ1) is 6.45. The van der Waals surface area contributed by atoms with Gasteiger partial charge in [0.15, 0.2) is 0 Å². The van der Waals surface area contributed by atoms with Crippen molar-refractivity contribution in [3.8, 4) is 0 Å². The number of rotatable bonds is 2. The molecule has 14 heavy (non-hydrogen) atoms. The number of carboxylic acids is 1. The highest BCUT2D eigenvalue weighted by molar-refractivity contribution is 9.10. The molecule has 0 aliphatic rings. The van der Waals surface area contributed by atoms with E-state index in [0.29, 0.717) is 0 Å². The second kappa shape index (κ2) is 3.87. The number of carboxylic acid groups (broad SMARTS) is 1. The zero-order valence-electron chi connectivity index (χ0n) is 6.55. The van der Waals surface area contributed by atoms with E-state index in [9.17, 15) is 18.4 Å². The van der Waals surface area contributed by atoms with Gasteiger partial charge >= 0.3 is 5.97 Å². The van der Waals surface area contributed by atoms with E-state index in [1.807, 2.05) is 4.98 Å². The van der Waals surface area contributed by atoms with Gasteiger partial charge in [0.05, 0.1) is 15.6 Å². The largest absolute Gasteiger partial charge is 0.478 e. The molecule has 0 unspecified atom stereocenters. The Bertz CT molecular complexity index is 429. The molecule has 0 saturated carbocycles. The number of aromatic nitrogens is 1.